The summed E-state index contributed by atoms with van der Waals surface area (Å²) < 4.78 is 0. The molecule has 4 heteroatoms. The minimum absolute atomic E-state index is 0.121. The van der Waals surface area contributed by atoms with Crippen LogP contribution in [0.25, 0.3) is 5.70 Å². The van der Waals surface area contributed by atoms with Gasteiger partial charge in [-0.15, -0.1) is 0 Å². The van der Waals surface area contributed by atoms with Gasteiger partial charge in [0, 0.05) is 7.05 Å². The third-order valence-corrected chi connectivity index (χ3v) is 3.33. The zero-order valence-corrected chi connectivity index (χ0v) is 11.8. The minimum atomic E-state index is -0.867. The van der Waals surface area contributed by atoms with Gasteiger partial charge in [-0.2, -0.15) is 0 Å². The lowest BCUT2D eigenvalue weighted by Gasteiger charge is -2.21. The fourth-order valence-electron chi connectivity index (χ4n) is 2.14. The smallest absolute Gasteiger partial charge is 0.326 e. The average Bonchev–Trinajstić information content (AvgIpc) is 2.70. The molecule has 0 amide bonds. The fraction of sp³-hybridized carbons (Fsp3) is 0.400. The van der Waals surface area contributed by atoms with E-state index in [9.17, 15) is 4.79 Å². The van der Waals surface area contributed by atoms with Gasteiger partial charge in [0.2, 0.25) is 0 Å². The number of nitrogens with one attached hydrogen (secondary N) is 1. The van der Waals surface area contributed by atoms with E-state index >= 15 is 0 Å². The summed E-state index contributed by atoms with van der Waals surface area (Å²) >= 11 is 0. The number of benzene rings is 1. The van der Waals surface area contributed by atoms with Gasteiger partial charge in [0.05, 0.1) is 5.70 Å². The highest BCUT2D eigenvalue weighted by Crippen LogP contribution is 2.26. The van der Waals surface area contributed by atoms with Gasteiger partial charge in [0.25, 0.3) is 0 Å². The molecule has 2 N–H and O–H groups in total. The van der Waals surface area contributed by atoms with Gasteiger partial charge in [0.15, 0.2) is 0 Å². The second-order valence-corrected chi connectivity index (χ2v) is 5.88. The van der Waals surface area contributed by atoms with Gasteiger partial charge in [-0.3, -0.25) is 4.79 Å². The number of carboxylic acid groups (broad SMARTS) is 1. The molecule has 0 saturated carbocycles. The number of hydrogen-bond donors (Lipinski definition) is 2. The molecular formula is C15H20N2O2. The van der Waals surface area contributed by atoms with Crippen LogP contribution < -0.4 is 5.43 Å². The average molecular weight is 260 g/mol. The number of hydrogen-bond acceptors (Lipinski definition) is 3. The van der Waals surface area contributed by atoms with Crippen molar-refractivity contribution in [3.63, 3.8) is 0 Å². The zero-order valence-electron chi connectivity index (χ0n) is 11.8. The first-order valence-corrected chi connectivity index (χ1v) is 6.34. The Morgan fingerprint density at radius 2 is 1.84 bits per heavy atom. The maximum Gasteiger partial charge on any atom is 0.326 e. The van der Waals surface area contributed by atoms with Crippen LogP contribution in [0.3, 0.4) is 0 Å². The molecule has 1 atom stereocenters. The van der Waals surface area contributed by atoms with Crippen molar-refractivity contribution in [2.45, 2.75) is 32.2 Å². The standard InChI is InChI=1S/C15H20N2O2/c1-15(2,3)11-7-5-10(6-8-11)13-9-12(14(18)19)16-17(13)4/h5-9,12,16H,1-4H3,(H,18,19). The van der Waals surface area contributed by atoms with E-state index in [0.717, 1.165) is 11.3 Å². The first kappa shape index (κ1) is 13.6. The van der Waals surface area contributed by atoms with Crippen LogP contribution in [0.2, 0.25) is 0 Å². The largest absolute Gasteiger partial charge is 0.480 e. The van der Waals surface area contributed by atoms with Crippen molar-refractivity contribution in [3.05, 3.63) is 41.5 Å². The van der Waals surface area contributed by atoms with E-state index in [0.29, 0.717) is 0 Å². The number of carboxylic acids is 1. The Morgan fingerprint density at radius 3 is 2.26 bits per heavy atom. The van der Waals surface area contributed by atoms with E-state index in [1.165, 1.54) is 5.56 Å². The molecule has 102 valence electrons. The summed E-state index contributed by atoms with van der Waals surface area (Å²) in [6, 6.07) is 7.61. The van der Waals surface area contributed by atoms with Crippen molar-refractivity contribution < 1.29 is 9.90 Å². The summed E-state index contributed by atoms with van der Waals surface area (Å²) in [7, 11) is 1.83. The molecule has 0 spiro atoms. The molecule has 1 aliphatic heterocycles. The summed E-state index contributed by atoms with van der Waals surface area (Å²) in [5.74, 6) is -0.867. The van der Waals surface area contributed by atoms with Gasteiger partial charge in [0.1, 0.15) is 6.04 Å². The van der Waals surface area contributed by atoms with Crippen LogP contribution >= 0.6 is 0 Å². The highest BCUT2D eigenvalue weighted by Gasteiger charge is 2.26. The Bertz CT molecular complexity index is 512. The molecule has 1 heterocycles. The molecule has 0 aromatic heterocycles. The van der Waals surface area contributed by atoms with Gasteiger partial charge < -0.3 is 10.1 Å². The molecule has 1 aliphatic rings. The van der Waals surface area contributed by atoms with Crippen LogP contribution in [0.1, 0.15) is 31.9 Å². The Labute approximate surface area is 113 Å². The van der Waals surface area contributed by atoms with Crippen LogP contribution in [0.15, 0.2) is 30.3 Å². The normalized spacial score (nSPS) is 19.5. The maximum absolute atomic E-state index is 11.0. The Balaban J connectivity index is 2.28. The number of rotatable bonds is 2. The molecule has 2 rings (SSSR count). The van der Waals surface area contributed by atoms with Crippen molar-refractivity contribution in [2.24, 2.45) is 0 Å². The number of hydrazine groups is 1. The van der Waals surface area contributed by atoms with Gasteiger partial charge in [-0.25, -0.2) is 5.43 Å². The predicted octanol–water partition coefficient (Wildman–Crippen LogP) is 2.23. The molecule has 1 unspecified atom stereocenters. The van der Waals surface area contributed by atoms with Gasteiger partial charge in [-0.05, 0) is 22.6 Å². The summed E-state index contributed by atoms with van der Waals surface area (Å²) in [5, 5.41) is 10.8. The first-order valence-electron chi connectivity index (χ1n) is 6.34. The lowest BCUT2D eigenvalue weighted by Crippen LogP contribution is -2.38. The van der Waals surface area contributed by atoms with Crippen molar-refractivity contribution in [1.29, 1.82) is 0 Å². The van der Waals surface area contributed by atoms with Crippen LogP contribution in [0.5, 0.6) is 0 Å². The molecule has 4 nitrogen and oxygen atoms in total. The fourth-order valence-corrected chi connectivity index (χ4v) is 2.14. The second kappa shape index (κ2) is 4.70. The van der Waals surface area contributed by atoms with Crippen LogP contribution in [-0.2, 0) is 10.2 Å². The summed E-state index contributed by atoms with van der Waals surface area (Å²) in [6.45, 7) is 6.51. The van der Waals surface area contributed by atoms with Crippen molar-refractivity contribution >= 4 is 11.7 Å². The van der Waals surface area contributed by atoms with Gasteiger partial charge in [-0.1, -0.05) is 45.0 Å². The first-order chi connectivity index (χ1) is 8.79. The van der Waals surface area contributed by atoms with E-state index in [-0.39, 0.29) is 5.41 Å². The van der Waals surface area contributed by atoms with E-state index in [1.807, 2.05) is 19.2 Å². The maximum atomic E-state index is 11.0. The Morgan fingerprint density at radius 1 is 1.26 bits per heavy atom. The van der Waals surface area contributed by atoms with Crippen LogP contribution in [-0.4, -0.2) is 29.2 Å². The molecule has 0 saturated heterocycles. The molecule has 0 bridgehead atoms. The molecule has 1 aromatic carbocycles. The molecular weight excluding hydrogens is 240 g/mol. The highest BCUT2D eigenvalue weighted by molar-refractivity contribution is 5.81. The Hall–Kier alpha value is -1.81. The summed E-state index contributed by atoms with van der Waals surface area (Å²) in [5.41, 5.74) is 6.19. The van der Waals surface area contributed by atoms with Crippen molar-refractivity contribution in [1.82, 2.24) is 10.4 Å². The third kappa shape index (κ3) is 2.79. The molecule has 0 radical (unpaired) electrons. The lowest BCUT2D eigenvalue weighted by atomic mass is 9.86. The van der Waals surface area contributed by atoms with E-state index < -0.39 is 12.0 Å². The lowest BCUT2D eigenvalue weighted by molar-refractivity contribution is -0.138. The molecule has 0 fully saturated rings. The van der Waals surface area contributed by atoms with Crippen molar-refractivity contribution in [3.8, 4) is 0 Å². The highest BCUT2D eigenvalue weighted by atomic mass is 16.4. The zero-order chi connectivity index (χ0) is 14.2. The van der Waals surface area contributed by atoms with E-state index in [1.54, 1.807) is 11.1 Å². The summed E-state index contributed by atoms with van der Waals surface area (Å²) in [4.78, 5) is 11.0. The predicted molar refractivity (Wildman–Crippen MR) is 75.4 cm³/mol. The number of carbonyl (C=O) groups is 1. The minimum Gasteiger partial charge on any atom is -0.480 e. The quantitative estimate of drug-likeness (QED) is 0.856. The number of aliphatic carboxylic acids is 1. The van der Waals surface area contributed by atoms with Crippen LogP contribution in [0.4, 0.5) is 0 Å². The van der Waals surface area contributed by atoms with E-state index in [4.69, 9.17) is 5.11 Å². The van der Waals surface area contributed by atoms with Crippen LogP contribution in [0, 0.1) is 0 Å². The monoisotopic (exact) mass is 260 g/mol. The molecule has 19 heavy (non-hydrogen) atoms. The SMILES string of the molecule is CN1NC(C(=O)O)C=C1c1ccc(C(C)(C)C)cc1. The van der Waals surface area contributed by atoms with Crippen molar-refractivity contribution in [2.75, 3.05) is 7.05 Å². The topological polar surface area (TPSA) is 52.6 Å². The number of nitrogens with zero attached hydrogens (tertiary/aromatic N) is 1. The van der Waals surface area contributed by atoms with Gasteiger partial charge >= 0.3 is 5.97 Å². The second-order valence-electron chi connectivity index (χ2n) is 5.88. The third-order valence-electron chi connectivity index (χ3n) is 3.33. The Kier molecular flexibility index (Phi) is 3.37. The molecule has 0 aliphatic carbocycles. The van der Waals surface area contributed by atoms with E-state index in [2.05, 4.69) is 38.3 Å². The molecule has 1 aromatic rings. The summed E-state index contributed by atoms with van der Waals surface area (Å²) in [6.07, 6.45) is 1.73.